The molecule has 0 saturated heterocycles. The fourth-order valence-corrected chi connectivity index (χ4v) is 1.42. The molecule has 0 bridgehead atoms. The molecule has 1 aromatic heterocycles. The molecule has 3 heteroatoms. The lowest BCUT2D eigenvalue weighted by Crippen LogP contribution is -1.95. The molecule has 0 amide bonds. The zero-order valence-electron chi connectivity index (χ0n) is 9.84. The average Bonchev–Trinajstić information content (AvgIpc) is 2.45. The summed E-state index contributed by atoms with van der Waals surface area (Å²) in [5.74, 6) is 6.22. The van der Waals surface area contributed by atoms with E-state index in [2.05, 4.69) is 16.8 Å². The number of hydrogen-bond acceptors (Lipinski definition) is 3. The Hall–Kier alpha value is -2.31. The Kier molecular flexibility index (Phi) is 4.34. The maximum absolute atomic E-state index is 8.59. The van der Waals surface area contributed by atoms with Gasteiger partial charge in [0, 0.05) is 18.0 Å². The van der Waals surface area contributed by atoms with Crippen molar-refractivity contribution in [3.63, 3.8) is 0 Å². The minimum absolute atomic E-state index is 0.125. The van der Waals surface area contributed by atoms with Gasteiger partial charge in [-0.3, -0.25) is 4.98 Å². The highest BCUT2D eigenvalue weighted by Crippen LogP contribution is 2.13. The van der Waals surface area contributed by atoms with Gasteiger partial charge in [-0.1, -0.05) is 11.8 Å². The quantitative estimate of drug-likeness (QED) is 0.833. The Bertz CT molecular complexity index is 538. The van der Waals surface area contributed by atoms with Gasteiger partial charge in [0.1, 0.15) is 19.0 Å². The Balaban J connectivity index is 1.94. The number of aromatic nitrogens is 1. The fourth-order valence-electron chi connectivity index (χ4n) is 1.42. The maximum Gasteiger partial charge on any atom is 0.119 e. The summed E-state index contributed by atoms with van der Waals surface area (Å²) in [5, 5.41) is 8.59. The van der Waals surface area contributed by atoms with Crippen LogP contribution in [0.15, 0.2) is 48.8 Å². The van der Waals surface area contributed by atoms with Crippen molar-refractivity contribution in [2.75, 3.05) is 6.61 Å². The molecule has 1 heterocycles. The van der Waals surface area contributed by atoms with E-state index >= 15 is 0 Å². The van der Waals surface area contributed by atoms with Crippen molar-refractivity contribution < 1.29 is 9.84 Å². The van der Waals surface area contributed by atoms with Gasteiger partial charge in [0.25, 0.3) is 0 Å². The number of nitrogens with zero attached hydrogens (tertiary/aromatic N) is 1. The van der Waals surface area contributed by atoms with Gasteiger partial charge in [-0.15, -0.1) is 0 Å². The Morgan fingerprint density at radius 2 is 1.78 bits per heavy atom. The summed E-state index contributed by atoms with van der Waals surface area (Å²) in [4.78, 5) is 3.95. The second kappa shape index (κ2) is 6.43. The summed E-state index contributed by atoms with van der Waals surface area (Å²) >= 11 is 0. The van der Waals surface area contributed by atoms with E-state index in [1.807, 2.05) is 36.4 Å². The van der Waals surface area contributed by atoms with Crippen LogP contribution in [0.25, 0.3) is 0 Å². The predicted octanol–water partition coefficient (Wildman–Crippen LogP) is 2.00. The molecule has 1 aromatic carbocycles. The Labute approximate surface area is 106 Å². The molecular weight excluding hydrogens is 226 g/mol. The van der Waals surface area contributed by atoms with Gasteiger partial charge in [-0.05, 0) is 42.0 Å². The molecule has 0 unspecified atom stereocenters. The van der Waals surface area contributed by atoms with Gasteiger partial charge in [-0.2, -0.15) is 0 Å². The van der Waals surface area contributed by atoms with E-state index in [1.165, 1.54) is 0 Å². The highest BCUT2D eigenvalue weighted by Gasteiger charge is 1.95. The van der Waals surface area contributed by atoms with Crippen LogP contribution in [0.2, 0.25) is 0 Å². The van der Waals surface area contributed by atoms with Crippen molar-refractivity contribution in [3.05, 3.63) is 59.9 Å². The van der Waals surface area contributed by atoms with Crippen LogP contribution in [0.4, 0.5) is 0 Å². The third-order valence-corrected chi connectivity index (χ3v) is 2.32. The first-order chi connectivity index (χ1) is 8.88. The van der Waals surface area contributed by atoms with Crippen LogP contribution < -0.4 is 4.74 Å². The molecule has 0 radical (unpaired) electrons. The van der Waals surface area contributed by atoms with E-state index < -0.39 is 0 Å². The van der Waals surface area contributed by atoms with Gasteiger partial charge in [-0.25, -0.2) is 0 Å². The van der Waals surface area contributed by atoms with Crippen molar-refractivity contribution in [2.24, 2.45) is 0 Å². The first-order valence-corrected chi connectivity index (χ1v) is 5.60. The highest BCUT2D eigenvalue weighted by molar-refractivity contribution is 5.38. The molecule has 18 heavy (non-hydrogen) atoms. The summed E-state index contributed by atoms with van der Waals surface area (Å²) in [6.45, 7) is 0.393. The third-order valence-electron chi connectivity index (χ3n) is 2.32. The number of hydrogen-bond donors (Lipinski definition) is 1. The molecule has 90 valence electrons. The molecule has 2 rings (SSSR count). The van der Waals surface area contributed by atoms with E-state index in [0.29, 0.717) is 6.61 Å². The first-order valence-electron chi connectivity index (χ1n) is 5.60. The van der Waals surface area contributed by atoms with Crippen LogP contribution in [-0.2, 0) is 6.61 Å². The van der Waals surface area contributed by atoms with Crippen LogP contribution in [0.5, 0.6) is 5.75 Å². The van der Waals surface area contributed by atoms with Crippen molar-refractivity contribution in [2.45, 2.75) is 6.61 Å². The lowest BCUT2D eigenvalue weighted by atomic mass is 10.2. The molecule has 2 aromatic rings. The zero-order chi connectivity index (χ0) is 12.6. The van der Waals surface area contributed by atoms with Crippen molar-refractivity contribution >= 4 is 0 Å². The van der Waals surface area contributed by atoms with Crippen molar-refractivity contribution in [1.29, 1.82) is 0 Å². The number of rotatable bonds is 3. The largest absolute Gasteiger partial charge is 0.489 e. The molecule has 3 nitrogen and oxygen atoms in total. The minimum atomic E-state index is -0.125. The Morgan fingerprint density at radius 3 is 2.44 bits per heavy atom. The van der Waals surface area contributed by atoms with Gasteiger partial charge >= 0.3 is 0 Å². The molecule has 0 spiro atoms. The number of pyridine rings is 1. The monoisotopic (exact) mass is 239 g/mol. The lowest BCUT2D eigenvalue weighted by molar-refractivity contribution is 0.306. The smallest absolute Gasteiger partial charge is 0.119 e. The normalized spacial score (nSPS) is 9.39. The van der Waals surface area contributed by atoms with Gasteiger partial charge in [0.05, 0.1) is 0 Å². The summed E-state index contributed by atoms with van der Waals surface area (Å²) < 4.78 is 5.63. The van der Waals surface area contributed by atoms with Crippen molar-refractivity contribution in [3.8, 4) is 17.6 Å². The molecule has 0 aliphatic carbocycles. The van der Waals surface area contributed by atoms with Gasteiger partial charge < -0.3 is 9.84 Å². The molecular formula is C15H13NO2. The third kappa shape index (κ3) is 3.62. The molecule has 0 aliphatic rings. The molecule has 0 aliphatic heterocycles. The Morgan fingerprint density at radius 1 is 1.06 bits per heavy atom. The lowest BCUT2D eigenvalue weighted by Gasteiger charge is -2.05. The van der Waals surface area contributed by atoms with Crippen LogP contribution in [0, 0.1) is 11.8 Å². The molecule has 1 N–H and O–H groups in total. The topological polar surface area (TPSA) is 42.4 Å². The van der Waals surface area contributed by atoms with Crippen LogP contribution in [0.1, 0.15) is 11.1 Å². The maximum atomic E-state index is 8.59. The number of aliphatic hydroxyl groups excluding tert-OH is 1. The van der Waals surface area contributed by atoms with E-state index in [-0.39, 0.29) is 6.61 Å². The zero-order valence-corrected chi connectivity index (χ0v) is 9.84. The second-order valence-corrected chi connectivity index (χ2v) is 3.63. The summed E-state index contributed by atoms with van der Waals surface area (Å²) in [6.07, 6.45) is 3.48. The standard InChI is InChI=1S/C15H13NO2/c17-11-1-2-13-3-5-15(6-4-13)18-12-14-7-9-16-10-8-14/h3-10,17H,11-12H2. The average molecular weight is 239 g/mol. The summed E-state index contributed by atoms with van der Waals surface area (Å²) in [6, 6.07) is 11.3. The molecule has 0 atom stereocenters. The number of ether oxygens (including phenoxy) is 1. The van der Waals surface area contributed by atoms with Gasteiger partial charge in [0.15, 0.2) is 0 Å². The van der Waals surface area contributed by atoms with Crippen molar-refractivity contribution in [1.82, 2.24) is 4.98 Å². The van der Waals surface area contributed by atoms with Crippen LogP contribution in [-0.4, -0.2) is 16.7 Å². The molecule has 0 saturated carbocycles. The summed E-state index contributed by atoms with van der Waals surface area (Å²) in [7, 11) is 0. The molecule has 0 fully saturated rings. The number of benzene rings is 1. The number of aliphatic hydroxyl groups is 1. The van der Waals surface area contributed by atoms with Crippen LogP contribution >= 0.6 is 0 Å². The predicted molar refractivity (Wildman–Crippen MR) is 69.0 cm³/mol. The SMILES string of the molecule is OCC#Cc1ccc(OCc2ccncc2)cc1. The summed E-state index contributed by atoms with van der Waals surface area (Å²) in [5.41, 5.74) is 1.94. The second-order valence-electron chi connectivity index (χ2n) is 3.63. The highest BCUT2D eigenvalue weighted by atomic mass is 16.5. The minimum Gasteiger partial charge on any atom is -0.489 e. The van der Waals surface area contributed by atoms with Crippen LogP contribution in [0.3, 0.4) is 0 Å². The van der Waals surface area contributed by atoms with E-state index in [0.717, 1.165) is 16.9 Å². The van der Waals surface area contributed by atoms with Gasteiger partial charge in [0.2, 0.25) is 0 Å². The first kappa shape index (κ1) is 12.2. The fraction of sp³-hybridized carbons (Fsp3) is 0.133. The van der Waals surface area contributed by atoms with E-state index in [9.17, 15) is 0 Å². The van der Waals surface area contributed by atoms with E-state index in [1.54, 1.807) is 12.4 Å². The van der Waals surface area contributed by atoms with E-state index in [4.69, 9.17) is 9.84 Å².